The van der Waals surface area contributed by atoms with E-state index in [1.165, 1.54) is 4.57 Å². The average Bonchev–Trinajstić information content (AvgIpc) is 2.07. The van der Waals surface area contributed by atoms with E-state index in [0.717, 1.165) is 5.56 Å². The molecule has 0 aliphatic heterocycles. The maximum atomic E-state index is 11.2. The quantitative estimate of drug-likeness (QED) is 0.546. The van der Waals surface area contributed by atoms with Crippen molar-refractivity contribution in [1.82, 2.24) is 4.57 Å². The predicted octanol–water partition coefficient (Wildman–Crippen LogP) is 1.39. The van der Waals surface area contributed by atoms with Crippen molar-refractivity contribution < 1.29 is 0 Å². The third-order valence-corrected chi connectivity index (χ3v) is 1.61. The van der Waals surface area contributed by atoms with E-state index < -0.39 is 0 Å². The van der Waals surface area contributed by atoms with Gasteiger partial charge in [-0.15, -0.1) is 0 Å². The van der Waals surface area contributed by atoms with E-state index in [0.29, 0.717) is 5.92 Å². The minimum absolute atomic E-state index is 0.0180. The van der Waals surface area contributed by atoms with Gasteiger partial charge in [0.15, 0.2) is 0 Å². The molecule has 1 aromatic heterocycles. The summed E-state index contributed by atoms with van der Waals surface area (Å²) >= 11 is 0. The monoisotopic (exact) mass is 175 g/mol. The SMILES string of the molecule is CC(C)C#Cc1ccn(C)c(=O)c1. The lowest BCUT2D eigenvalue weighted by atomic mass is 10.2. The van der Waals surface area contributed by atoms with Crippen molar-refractivity contribution in [3.63, 3.8) is 0 Å². The van der Waals surface area contributed by atoms with Crippen LogP contribution < -0.4 is 5.56 Å². The summed E-state index contributed by atoms with van der Waals surface area (Å²) in [7, 11) is 1.72. The first-order valence-electron chi connectivity index (χ1n) is 4.28. The van der Waals surface area contributed by atoms with Gasteiger partial charge in [-0.25, -0.2) is 0 Å². The molecule has 1 aromatic rings. The van der Waals surface area contributed by atoms with Crippen LogP contribution in [-0.2, 0) is 7.05 Å². The van der Waals surface area contributed by atoms with Gasteiger partial charge in [0, 0.05) is 30.8 Å². The Kier molecular flexibility index (Phi) is 2.92. The Morgan fingerprint density at radius 3 is 2.69 bits per heavy atom. The third-order valence-electron chi connectivity index (χ3n) is 1.61. The summed E-state index contributed by atoms with van der Waals surface area (Å²) in [5.41, 5.74) is 0.771. The molecule has 0 atom stereocenters. The minimum Gasteiger partial charge on any atom is -0.319 e. The highest BCUT2D eigenvalue weighted by Gasteiger charge is 1.91. The van der Waals surface area contributed by atoms with Crippen molar-refractivity contribution in [3.8, 4) is 11.8 Å². The van der Waals surface area contributed by atoms with Crippen LogP contribution >= 0.6 is 0 Å². The molecule has 0 fully saturated rings. The Morgan fingerprint density at radius 1 is 1.46 bits per heavy atom. The zero-order valence-corrected chi connectivity index (χ0v) is 8.16. The Hall–Kier alpha value is -1.49. The number of pyridine rings is 1. The van der Waals surface area contributed by atoms with Crippen LogP contribution in [0.15, 0.2) is 23.1 Å². The third kappa shape index (κ3) is 2.79. The highest BCUT2D eigenvalue weighted by Crippen LogP contribution is 1.93. The molecule has 0 saturated carbocycles. The minimum atomic E-state index is -0.0180. The second-order valence-corrected chi connectivity index (χ2v) is 3.29. The smallest absolute Gasteiger partial charge is 0.251 e. The molecule has 13 heavy (non-hydrogen) atoms. The summed E-state index contributed by atoms with van der Waals surface area (Å²) in [6, 6.07) is 3.40. The zero-order valence-electron chi connectivity index (χ0n) is 8.16. The summed E-state index contributed by atoms with van der Waals surface area (Å²) in [6.07, 6.45) is 1.73. The summed E-state index contributed by atoms with van der Waals surface area (Å²) in [5, 5.41) is 0. The van der Waals surface area contributed by atoms with E-state index in [9.17, 15) is 4.79 Å². The molecule has 0 aliphatic carbocycles. The van der Waals surface area contributed by atoms with Gasteiger partial charge in [-0.2, -0.15) is 0 Å². The van der Waals surface area contributed by atoms with Gasteiger partial charge in [0.25, 0.3) is 5.56 Å². The fourth-order valence-electron chi connectivity index (χ4n) is 0.854. The topological polar surface area (TPSA) is 22.0 Å². The largest absolute Gasteiger partial charge is 0.319 e. The molecule has 0 bridgehead atoms. The van der Waals surface area contributed by atoms with Crippen LogP contribution in [0.25, 0.3) is 0 Å². The van der Waals surface area contributed by atoms with Gasteiger partial charge in [0.05, 0.1) is 0 Å². The summed E-state index contributed by atoms with van der Waals surface area (Å²) in [6.45, 7) is 4.04. The molecule has 0 radical (unpaired) electrons. The molecule has 0 unspecified atom stereocenters. The second kappa shape index (κ2) is 3.95. The highest BCUT2D eigenvalue weighted by molar-refractivity contribution is 5.32. The van der Waals surface area contributed by atoms with Crippen LogP contribution in [0, 0.1) is 17.8 Å². The van der Waals surface area contributed by atoms with E-state index in [2.05, 4.69) is 11.8 Å². The van der Waals surface area contributed by atoms with E-state index in [1.807, 2.05) is 19.9 Å². The van der Waals surface area contributed by atoms with Gasteiger partial charge in [-0.05, 0) is 6.07 Å². The number of nitrogens with zero attached hydrogens (tertiary/aromatic N) is 1. The molecule has 68 valence electrons. The van der Waals surface area contributed by atoms with Crippen LogP contribution in [0.3, 0.4) is 0 Å². The fraction of sp³-hybridized carbons (Fsp3) is 0.364. The molecule has 0 aliphatic rings. The van der Waals surface area contributed by atoms with Crippen LogP contribution in [0.4, 0.5) is 0 Å². The Bertz CT molecular complexity index is 404. The van der Waals surface area contributed by atoms with Gasteiger partial charge < -0.3 is 4.57 Å². The normalized spacial score (nSPS) is 9.54. The van der Waals surface area contributed by atoms with E-state index in [1.54, 1.807) is 19.3 Å². The van der Waals surface area contributed by atoms with Gasteiger partial charge in [0.2, 0.25) is 0 Å². The van der Waals surface area contributed by atoms with Crippen molar-refractivity contribution in [2.75, 3.05) is 0 Å². The van der Waals surface area contributed by atoms with E-state index in [-0.39, 0.29) is 5.56 Å². The second-order valence-electron chi connectivity index (χ2n) is 3.29. The molecule has 0 aromatic carbocycles. The van der Waals surface area contributed by atoms with E-state index in [4.69, 9.17) is 0 Å². The average molecular weight is 175 g/mol. The highest BCUT2D eigenvalue weighted by atomic mass is 16.1. The first-order chi connectivity index (χ1) is 6.09. The number of rotatable bonds is 0. The summed E-state index contributed by atoms with van der Waals surface area (Å²) < 4.78 is 1.53. The fourth-order valence-corrected chi connectivity index (χ4v) is 0.854. The van der Waals surface area contributed by atoms with Crippen LogP contribution in [0.1, 0.15) is 19.4 Å². The van der Waals surface area contributed by atoms with Gasteiger partial charge in [-0.1, -0.05) is 25.7 Å². The molecule has 2 nitrogen and oxygen atoms in total. The molecule has 0 spiro atoms. The Labute approximate surface area is 78.2 Å². The van der Waals surface area contributed by atoms with Gasteiger partial charge in [-0.3, -0.25) is 4.79 Å². The van der Waals surface area contributed by atoms with Crippen molar-refractivity contribution in [1.29, 1.82) is 0 Å². The number of hydrogen-bond acceptors (Lipinski definition) is 1. The standard InChI is InChI=1S/C11H13NO/c1-9(2)4-5-10-6-7-12(3)11(13)8-10/h6-9H,1-3H3. The predicted molar refractivity (Wildman–Crippen MR) is 53.4 cm³/mol. The van der Waals surface area contributed by atoms with Gasteiger partial charge in [0.1, 0.15) is 0 Å². The maximum Gasteiger partial charge on any atom is 0.251 e. The van der Waals surface area contributed by atoms with E-state index >= 15 is 0 Å². The zero-order chi connectivity index (χ0) is 9.84. The maximum absolute atomic E-state index is 11.2. The lowest BCUT2D eigenvalue weighted by molar-refractivity contribution is 0.857. The molecule has 0 saturated heterocycles. The Balaban J connectivity index is 3.01. The van der Waals surface area contributed by atoms with Crippen molar-refractivity contribution in [2.45, 2.75) is 13.8 Å². The van der Waals surface area contributed by atoms with Crippen LogP contribution in [-0.4, -0.2) is 4.57 Å². The number of aryl methyl sites for hydroxylation is 1. The summed E-state index contributed by atoms with van der Waals surface area (Å²) in [5.74, 6) is 6.30. The molecule has 1 heterocycles. The number of aromatic nitrogens is 1. The molecular weight excluding hydrogens is 162 g/mol. The molecular formula is C11H13NO. The number of hydrogen-bond donors (Lipinski definition) is 0. The summed E-state index contributed by atoms with van der Waals surface area (Å²) in [4.78, 5) is 11.2. The van der Waals surface area contributed by atoms with Gasteiger partial charge >= 0.3 is 0 Å². The lowest BCUT2D eigenvalue weighted by Gasteiger charge is -1.95. The first kappa shape index (κ1) is 9.60. The molecule has 2 heteroatoms. The van der Waals surface area contributed by atoms with Crippen molar-refractivity contribution in [2.24, 2.45) is 13.0 Å². The van der Waals surface area contributed by atoms with Crippen LogP contribution in [0.5, 0.6) is 0 Å². The van der Waals surface area contributed by atoms with Crippen molar-refractivity contribution >= 4 is 0 Å². The molecule has 0 amide bonds. The van der Waals surface area contributed by atoms with Crippen LogP contribution in [0.2, 0.25) is 0 Å². The van der Waals surface area contributed by atoms with Crippen molar-refractivity contribution in [3.05, 3.63) is 34.2 Å². The molecule has 1 rings (SSSR count). The first-order valence-corrected chi connectivity index (χ1v) is 4.28. The molecule has 0 N–H and O–H groups in total. The Morgan fingerprint density at radius 2 is 2.15 bits per heavy atom. The lowest BCUT2D eigenvalue weighted by Crippen LogP contribution is -2.14.